The number of carbonyl (C=O) groups is 1. The van der Waals surface area contributed by atoms with Crippen LogP contribution in [0.4, 0.5) is 4.79 Å². The van der Waals surface area contributed by atoms with Crippen LogP contribution < -0.4 is 16.2 Å². The lowest BCUT2D eigenvalue weighted by atomic mass is 10.0. The van der Waals surface area contributed by atoms with Crippen LogP contribution in [0.15, 0.2) is 29.1 Å². The van der Waals surface area contributed by atoms with Crippen LogP contribution in [-0.4, -0.2) is 23.1 Å². The number of urea groups is 1. The fourth-order valence-corrected chi connectivity index (χ4v) is 2.51. The zero-order valence-electron chi connectivity index (χ0n) is 15.1. The molecule has 0 spiro atoms. The molecule has 24 heavy (non-hydrogen) atoms. The van der Waals surface area contributed by atoms with E-state index < -0.39 is 0 Å². The van der Waals surface area contributed by atoms with Gasteiger partial charge in [0.15, 0.2) is 0 Å². The molecule has 2 rings (SSSR count). The van der Waals surface area contributed by atoms with Crippen LogP contribution in [0, 0.1) is 0 Å². The maximum absolute atomic E-state index is 12.2. The Morgan fingerprint density at radius 2 is 1.92 bits per heavy atom. The molecule has 0 aliphatic carbocycles. The Morgan fingerprint density at radius 3 is 2.54 bits per heavy atom. The third-order valence-corrected chi connectivity index (χ3v) is 3.78. The largest absolute Gasteiger partial charge is 0.338 e. The predicted molar refractivity (Wildman–Crippen MR) is 98.6 cm³/mol. The smallest absolute Gasteiger partial charge is 0.315 e. The van der Waals surface area contributed by atoms with Crippen molar-refractivity contribution in [1.29, 1.82) is 0 Å². The van der Waals surface area contributed by atoms with Crippen molar-refractivity contribution in [3.8, 4) is 0 Å². The first-order chi connectivity index (χ1) is 11.2. The van der Waals surface area contributed by atoms with Gasteiger partial charge in [-0.1, -0.05) is 19.9 Å². The molecule has 2 amide bonds. The van der Waals surface area contributed by atoms with E-state index >= 15 is 0 Å². The molecule has 1 heterocycles. The number of benzene rings is 1. The molecule has 0 saturated heterocycles. The van der Waals surface area contributed by atoms with Gasteiger partial charge in [-0.3, -0.25) is 4.79 Å². The number of H-pyrrole nitrogens is 1. The lowest BCUT2D eigenvalue weighted by Gasteiger charge is -2.20. The number of aromatic nitrogens is 1. The SMILES string of the molecule is CC(C)c1ccc2[nH]c(=O)c(CCNC(=O)NC(C)(C)C)cc2c1. The Kier molecular flexibility index (Phi) is 5.32. The third-order valence-electron chi connectivity index (χ3n) is 3.78. The number of rotatable bonds is 4. The molecular formula is C19H27N3O2. The fourth-order valence-electron chi connectivity index (χ4n) is 2.51. The van der Waals surface area contributed by atoms with Gasteiger partial charge in [-0.2, -0.15) is 0 Å². The van der Waals surface area contributed by atoms with Crippen LogP contribution >= 0.6 is 0 Å². The van der Waals surface area contributed by atoms with Gasteiger partial charge in [-0.05, 0) is 62.3 Å². The quantitative estimate of drug-likeness (QED) is 0.805. The van der Waals surface area contributed by atoms with Crippen molar-refractivity contribution >= 4 is 16.9 Å². The summed E-state index contributed by atoms with van der Waals surface area (Å²) < 4.78 is 0. The summed E-state index contributed by atoms with van der Waals surface area (Å²) in [5.74, 6) is 0.438. The first-order valence-corrected chi connectivity index (χ1v) is 8.37. The molecule has 0 radical (unpaired) electrons. The summed E-state index contributed by atoms with van der Waals surface area (Å²) in [6.07, 6.45) is 0.495. The highest BCUT2D eigenvalue weighted by Crippen LogP contribution is 2.20. The Balaban J connectivity index is 2.10. The molecule has 2 aromatic rings. The average Bonchev–Trinajstić information content (AvgIpc) is 2.45. The van der Waals surface area contributed by atoms with Gasteiger partial charge in [-0.15, -0.1) is 0 Å². The maximum Gasteiger partial charge on any atom is 0.315 e. The van der Waals surface area contributed by atoms with Crippen molar-refractivity contribution in [3.63, 3.8) is 0 Å². The standard InChI is InChI=1S/C19H27N3O2/c1-12(2)13-6-7-16-15(10-13)11-14(17(23)21-16)8-9-20-18(24)22-19(3,4)5/h6-7,10-12H,8-9H2,1-5H3,(H,21,23)(H2,20,22,24). The first-order valence-electron chi connectivity index (χ1n) is 8.37. The summed E-state index contributed by atoms with van der Waals surface area (Å²) in [4.78, 5) is 26.8. The van der Waals surface area contributed by atoms with Gasteiger partial charge >= 0.3 is 6.03 Å². The van der Waals surface area contributed by atoms with E-state index in [4.69, 9.17) is 0 Å². The summed E-state index contributed by atoms with van der Waals surface area (Å²) in [6, 6.07) is 7.80. The van der Waals surface area contributed by atoms with Crippen molar-refractivity contribution in [1.82, 2.24) is 15.6 Å². The van der Waals surface area contributed by atoms with Gasteiger partial charge in [0.25, 0.3) is 5.56 Å². The van der Waals surface area contributed by atoms with E-state index in [2.05, 4.69) is 35.5 Å². The van der Waals surface area contributed by atoms with Crippen molar-refractivity contribution in [2.75, 3.05) is 6.54 Å². The van der Waals surface area contributed by atoms with Gasteiger partial charge < -0.3 is 15.6 Å². The van der Waals surface area contributed by atoms with E-state index in [9.17, 15) is 9.59 Å². The van der Waals surface area contributed by atoms with Crippen molar-refractivity contribution in [2.45, 2.75) is 52.5 Å². The summed E-state index contributed by atoms with van der Waals surface area (Å²) in [7, 11) is 0. The topological polar surface area (TPSA) is 74.0 Å². The fraction of sp³-hybridized carbons (Fsp3) is 0.474. The summed E-state index contributed by atoms with van der Waals surface area (Å²) in [5.41, 5.74) is 2.38. The van der Waals surface area contributed by atoms with Crippen LogP contribution in [0.1, 0.15) is 51.7 Å². The average molecular weight is 329 g/mol. The zero-order valence-corrected chi connectivity index (χ0v) is 15.1. The van der Waals surface area contributed by atoms with Crippen LogP contribution in [0.2, 0.25) is 0 Å². The lowest BCUT2D eigenvalue weighted by molar-refractivity contribution is 0.232. The second-order valence-corrected chi connectivity index (χ2v) is 7.51. The Bertz CT molecular complexity index is 785. The number of amides is 2. The molecule has 0 atom stereocenters. The van der Waals surface area contributed by atoms with E-state index in [1.54, 1.807) is 0 Å². The van der Waals surface area contributed by atoms with E-state index in [0.717, 1.165) is 10.9 Å². The molecule has 130 valence electrons. The lowest BCUT2D eigenvalue weighted by Crippen LogP contribution is -2.47. The summed E-state index contributed by atoms with van der Waals surface area (Å²) in [5, 5.41) is 6.65. The van der Waals surface area contributed by atoms with Crippen LogP contribution in [-0.2, 0) is 6.42 Å². The first kappa shape index (κ1) is 18.0. The molecule has 1 aromatic heterocycles. The Labute approximate surface area is 142 Å². The zero-order chi connectivity index (χ0) is 17.9. The monoisotopic (exact) mass is 329 g/mol. The molecular weight excluding hydrogens is 302 g/mol. The van der Waals surface area contributed by atoms with Gasteiger partial charge in [0.05, 0.1) is 0 Å². The van der Waals surface area contributed by atoms with Crippen LogP contribution in [0.25, 0.3) is 10.9 Å². The molecule has 1 aromatic carbocycles. The van der Waals surface area contributed by atoms with Crippen molar-refractivity contribution in [2.24, 2.45) is 0 Å². The van der Waals surface area contributed by atoms with Gasteiger partial charge in [0, 0.05) is 23.2 Å². The maximum atomic E-state index is 12.2. The van der Waals surface area contributed by atoms with Crippen LogP contribution in [0.3, 0.4) is 0 Å². The predicted octanol–water partition coefficient (Wildman–Crippen LogP) is 3.29. The molecule has 0 unspecified atom stereocenters. The minimum Gasteiger partial charge on any atom is -0.338 e. The number of carbonyl (C=O) groups excluding carboxylic acids is 1. The molecule has 5 heteroatoms. The number of hydrogen-bond acceptors (Lipinski definition) is 2. The van der Waals surface area contributed by atoms with Gasteiger partial charge in [0.1, 0.15) is 0 Å². The Hall–Kier alpha value is -2.30. The number of fused-ring (bicyclic) bond motifs is 1. The van der Waals surface area contributed by atoms with E-state index in [1.165, 1.54) is 5.56 Å². The number of nitrogens with one attached hydrogen (secondary N) is 3. The third kappa shape index (κ3) is 4.85. The highest BCUT2D eigenvalue weighted by atomic mass is 16.2. The van der Waals surface area contributed by atoms with E-state index in [0.29, 0.717) is 24.4 Å². The summed E-state index contributed by atoms with van der Waals surface area (Å²) in [6.45, 7) is 10.5. The Morgan fingerprint density at radius 1 is 1.21 bits per heavy atom. The number of pyridine rings is 1. The molecule has 0 aliphatic heterocycles. The van der Waals surface area contributed by atoms with Crippen molar-refractivity contribution < 1.29 is 4.79 Å². The molecule has 5 nitrogen and oxygen atoms in total. The van der Waals surface area contributed by atoms with Gasteiger partial charge in [-0.25, -0.2) is 4.79 Å². The normalized spacial score (nSPS) is 11.8. The summed E-state index contributed by atoms with van der Waals surface area (Å²) >= 11 is 0. The molecule has 0 saturated carbocycles. The second kappa shape index (κ2) is 7.07. The van der Waals surface area contributed by atoms with E-state index in [-0.39, 0.29) is 17.1 Å². The highest BCUT2D eigenvalue weighted by Gasteiger charge is 2.13. The van der Waals surface area contributed by atoms with Crippen molar-refractivity contribution in [3.05, 3.63) is 45.7 Å². The minimum atomic E-state index is -0.280. The molecule has 0 bridgehead atoms. The second-order valence-electron chi connectivity index (χ2n) is 7.51. The highest BCUT2D eigenvalue weighted by molar-refractivity contribution is 5.80. The molecule has 0 fully saturated rings. The van der Waals surface area contributed by atoms with Gasteiger partial charge in [0.2, 0.25) is 0 Å². The number of hydrogen-bond donors (Lipinski definition) is 3. The van der Waals surface area contributed by atoms with Crippen LogP contribution in [0.5, 0.6) is 0 Å². The molecule has 3 N–H and O–H groups in total. The minimum absolute atomic E-state index is 0.0992. The number of aromatic amines is 1. The molecule has 0 aliphatic rings. The van der Waals surface area contributed by atoms with E-state index in [1.807, 2.05) is 39.0 Å².